The summed E-state index contributed by atoms with van der Waals surface area (Å²) in [6, 6.07) is 0. The molecule has 1 fully saturated rings. The molecule has 88 valence electrons. The van der Waals surface area contributed by atoms with E-state index < -0.39 is 0 Å². The summed E-state index contributed by atoms with van der Waals surface area (Å²) in [7, 11) is 3.93. The second-order valence-corrected chi connectivity index (χ2v) is 4.63. The third kappa shape index (κ3) is 3.80. The molecule has 0 aromatic rings. The van der Waals surface area contributed by atoms with Crippen molar-refractivity contribution >= 4 is 5.91 Å². The lowest BCUT2D eigenvalue weighted by molar-refractivity contribution is -0.136. The highest BCUT2D eigenvalue weighted by atomic mass is 16.5. The van der Waals surface area contributed by atoms with E-state index in [-0.39, 0.29) is 17.9 Å². The number of hydrogen-bond acceptors (Lipinski definition) is 3. The lowest BCUT2D eigenvalue weighted by atomic mass is 10.2. The molecule has 1 unspecified atom stereocenters. The number of amides is 1. The van der Waals surface area contributed by atoms with Crippen LogP contribution in [0, 0.1) is 5.92 Å². The molecule has 4 heteroatoms. The second kappa shape index (κ2) is 5.47. The van der Waals surface area contributed by atoms with Crippen LogP contribution < -0.4 is 0 Å². The maximum absolute atomic E-state index is 11.7. The molecular weight excluding hydrogens is 192 g/mol. The van der Waals surface area contributed by atoms with Crippen molar-refractivity contribution in [2.24, 2.45) is 5.92 Å². The predicted molar refractivity (Wildman–Crippen MR) is 59.7 cm³/mol. The molecule has 15 heavy (non-hydrogen) atoms. The summed E-state index contributed by atoms with van der Waals surface area (Å²) in [6.45, 7) is 7.21. The molecule has 0 bridgehead atoms. The average Bonchev–Trinajstić information content (AvgIpc) is 2.16. The van der Waals surface area contributed by atoms with Gasteiger partial charge in [0.15, 0.2) is 0 Å². The van der Waals surface area contributed by atoms with Crippen LogP contribution in [0.25, 0.3) is 0 Å². The zero-order chi connectivity index (χ0) is 11.4. The second-order valence-electron chi connectivity index (χ2n) is 4.63. The predicted octanol–water partition coefficient (Wildman–Crippen LogP) is 0.431. The van der Waals surface area contributed by atoms with Crippen LogP contribution in [0.4, 0.5) is 0 Å². The molecule has 1 atom stereocenters. The number of ether oxygens (including phenoxy) is 1. The smallest absolute Gasteiger partial charge is 0.224 e. The van der Waals surface area contributed by atoms with E-state index in [1.54, 1.807) is 4.90 Å². The Hall–Kier alpha value is -0.610. The minimum Gasteiger partial charge on any atom is -0.374 e. The lowest BCUT2D eigenvalue weighted by Crippen LogP contribution is -2.47. The normalized spacial score (nSPS) is 23.1. The minimum atomic E-state index is 0.0660. The number of morpholine rings is 1. The molecule has 1 aliphatic rings. The molecule has 0 saturated carbocycles. The van der Waals surface area contributed by atoms with E-state index in [0.29, 0.717) is 6.54 Å². The number of rotatable bonds is 3. The summed E-state index contributed by atoms with van der Waals surface area (Å²) in [5.74, 6) is 0.253. The van der Waals surface area contributed by atoms with Crippen molar-refractivity contribution in [2.75, 3.05) is 40.3 Å². The van der Waals surface area contributed by atoms with Crippen LogP contribution in [-0.2, 0) is 9.53 Å². The quantitative estimate of drug-likeness (QED) is 0.683. The van der Waals surface area contributed by atoms with Crippen molar-refractivity contribution in [2.45, 2.75) is 20.0 Å². The summed E-state index contributed by atoms with van der Waals surface area (Å²) < 4.78 is 5.61. The van der Waals surface area contributed by atoms with Gasteiger partial charge >= 0.3 is 0 Å². The van der Waals surface area contributed by atoms with E-state index in [2.05, 4.69) is 11.9 Å². The van der Waals surface area contributed by atoms with Crippen molar-refractivity contribution < 1.29 is 9.53 Å². The molecular formula is C11H22N2O2. The maximum Gasteiger partial charge on any atom is 0.224 e. The Bertz CT molecular complexity index is 219. The van der Waals surface area contributed by atoms with Crippen LogP contribution in [0.5, 0.6) is 0 Å². The molecule has 1 heterocycles. The summed E-state index contributed by atoms with van der Waals surface area (Å²) >= 11 is 0. The highest BCUT2D eigenvalue weighted by Gasteiger charge is 2.22. The third-order valence-corrected chi connectivity index (χ3v) is 2.69. The molecule has 1 rings (SSSR count). The zero-order valence-electron chi connectivity index (χ0n) is 10.2. The standard InChI is InChI=1S/C11H22N2O2/c1-9(2)11(14)13(4)8-10-7-12(3)5-6-15-10/h9-10H,5-8H2,1-4H3. The van der Waals surface area contributed by atoms with E-state index in [1.165, 1.54) is 0 Å². The highest BCUT2D eigenvalue weighted by Crippen LogP contribution is 2.06. The fourth-order valence-corrected chi connectivity index (χ4v) is 1.81. The first-order valence-corrected chi connectivity index (χ1v) is 5.56. The summed E-state index contributed by atoms with van der Waals surface area (Å²) in [5.41, 5.74) is 0. The monoisotopic (exact) mass is 214 g/mol. The summed E-state index contributed by atoms with van der Waals surface area (Å²) in [6.07, 6.45) is 0.163. The van der Waals surface area contributed by atoms with Crippen LogP contribution in [0.15, 0.2) is 0 Å². The fraction of sp³-hybridized carbons (Fsp3) is 0.909. The molecule has 4 nitrogen and oxygen atoms in total. The first kappa shape index (κ1) is 12.5. The minimum absolute atomic E-state index is 0.0660. The van der Waals surface area contributed by atoms with Crippen LogP contribution in [0.3, 0.4) is 0 Å². The molecule has 0 aliphatic carbocycles. The molecule has 0 radical (unpaired) electrons. The van der Waals surface area contributed by atoms with Gasteiger partial charge in [-0.05, 0) is 7.05 Å². The Morgan fingerprint density at radius 2 is 2.27 bits per heavy atom. The van der Waals surface area contributed by atoms with E-state index >= 15 is 0 Å². The summed E-state index contributed by atoms with van der Waals surface area (Å²) in [5, 5.41) is 0. The largest absolute Gasteiger partial charge is 0.374 e. The van der Waals surface area contributed by atoms with E-state index in [9.17, 15) is 4.79 Å². The van der Waals surface area contributed by atoms with Gasteiger partial charge < -0.3 is 14.5 Å². The van der Waals surface area contributed by atoms with E-state index in [0.717, 1.165) is 19.7 Å². The first-order chi connectivity index (χ1) is 7.00. The van der Waals surface area contributed by atoms with Crippen molar-refractivity contribution in [3.63, 3.8) is 0 Å². The Kier molecular flexibility index (Phi) is 4.54. The third-order valence-electron chi connectivity index (χ3n) is 2.69. The first-order valence-electron chi connectivity index (χ1n) is 5.56. The molecule has 1 amide bonds. The van der Waals surface area contributed by atoms with Gasteiger partial charge in [-0.3, -0.25) is 4.79 Å². The van der Waals surface area contributed by atoms with E-state index in [1.807, 2.05) is 20.9 Å². The number of hydrogen-bond donors (Lipinski definition) is 0. The topological polar surface area (TPSA) is 32.8 Å². The number of nitrogens with zero attached hydrogens (tertiary/aromatic N) is 2. The number of carbonyl (C=O) groups is 1. The lowest BCUT2D eigenvalue weighted by Gasteiger charge is -2.33. The van der Waals surface area contributed by atoms with Gasteiger partial charge in [-0.15, -0.1) is 0 Å². The molecule has 0 aromatic heterocycles. The molecule has 0 spiro atoms. The van der Waals surface area contributed by atoms with Crippen molar-refractivity contribution in [1.29, 1.82) is 0 Å². The van der Waals surface area contributed by atoms with Gasteiger partial charge in [0.05, 0.1) is 12.7 Å². The Balaban J connectivity index is 2.36. The molecule has 1 saturated heterocycles. The van der Waals surface area contributed by atoms with E-state index in [4.69, 9.17) is 4.74 Å². The Morgan fingerprint density at radius 1 is 1.60 bits per heavy atom. The van der Waals surface area contributed by atoms with Gasteiger partial charge in [0.25, 0.3) is 0 Å². The molecule has 0 aromatic carbocycles. The average molecular weight is 214 g/mol. The zero-order valence-corrected chi connectivity index (χ0v) is 10.2. The van der Waals surface area contributed by atoms with Crippen LogP contribution in [0.2, 0.25) is 0 Å². The van der Waals surface area contributed by atoms with Gasteiger partial charge in [-0.25, -0.2) is 0 Å². The summed E-state index contributed by atoms with van der Waals surface area (Å²) in [4.78, 5) is 15.7. The van der Waals surface area contributed by atoms with Crippen molar-refractivity contribution in [1.82, 2.24) is 9.80 Å². The number of likely N-dealkylation sites (N-methyl/N-ethyl adjacent to an activating group) is 2. The Labute approximate surface area is 92.2 Å². The fourth-order valence-electron chi connectivity index (χ4n) is 1.81. The van der Waals surface area contributed by atoms with Crippen LogP contribution in [0.1, 0.15) is 13.8 Å². The van der Waals surface area contributed by atoms with Crippen molar-refractivity contribution in [3.8, 4) is 0 Å². The SMILES string of the molecule is CC(C)C(=O)N(C)CC1CN(C)CCO1. The van der Waals surface area contributed by atoms with Gasteiger partial charge in [-0.2, -0.15) is 0 Å². The maximum atomic E-state index is 11.7. The van der Waals surface area contributed by atoms with Gasteiger partial charge in [0, 0.05) is 32.6 Å². The van der Waals surface area contributed by atoms with Gasteiger partial charge in [0.2, 0.25) is 5.91 Å². The van der Waals surface area contributed by atoms with Crippen molar-refractivity contribution in [3.05, 3.63) is 0 Å². The van der Waals surface area contributed by atoms with Gasteiger partial charge in [-0.1, -0.05) is 13.8 Å². The van der Waals surface area contributed by atoms with Crippen LogP contribution >= 0.6 is 0 Å². The molecule has 0 N–H and O–H groups in total. The molecule has 1 aliphatic heterocycles. The highest BCUT2D eigenvalue weighted by molar-refractivity contribution is 5.77. The Morgan fingerprint density at radius 3 is 2.80 bits per heavy atom. The number of carbonyl (C=O) groups excluding carboxylic acids is 1. The van der Waals surface area contributed by atoms with Gasteiger partial charge in [0.1, 0.15) is 0 Å². The van der Waals surface area contributed by atoms with Crippen LogP contribution in [-0.4, -0.2) is 62.1 Å².